The molecule has 6 heteroatoms. The van der Waals surface area contributed by atoms with Crippen LogP contribution in [0, 0.1) is 0 Å². The number of benzene rings is 1. The standard InChI is InChI=1S/C14H12BrN5/c15-14-7-3-4-11(19-14)8-17-12-5-1-2-6-13(12)20-10-16-9-18-20/h1-7,9-10,17H,8H2. The maximum absolute atomic E-state index is 4.40. The Balaban J connectivity index is 1.81. The lowest BCUT2D eigenvalue weighted by Crippen LogP contribution is -2.06. The Morgan fingerprint density at radius 3 is 2.80 bits per heavy atom. The van der Waals surface area contributed by atoms with Gasteiger partial charge in [-0.05, 0) is 40.2 Å². The second-order valence-electron chi connectivity index (χ2n) is 4.16. The first-order valence-corrected chi connectivity index (χ1v) is 6.91. The van der Waals surface area contributed by atoms with Gasteiger partial charge in [0.1, 0.15) is 17.3 Å². The summed E-state index contributed by atoms with van der Waals surface area (Å²) in [4.78, 5) is 8.38. The highest BCUT2D eigenvalue weighted by molar-refractivity contribution is 9.10. The minimum Gasteiger partial charge on any atom is -0.378 e. The molecule has 0 amide bonds. The van der Waals surface area contributed by atoms with E-state index < -0.39 is 0 Å². The van der Waals surface area contributed by atoms with E-state index in [2.05, 4.69) is 36.3 Å². The Bertz CT molecular complexity index is 696. The van der Waals surface area contributed by atoms with Crippen molar-refractivity contribution in [1.82, 2.24) is 19.7 Å². The Kier molecular flexibility index (Phi) is 3.73. The van der Waals surface area contributed by atoms with Gasteiger partial charge in [0.2, 0.25) is 0 Å². The first-order chi connectivity index (χ1) is 9.83. The molecular formula is C14H12BrN5. The van der Waals surface area contributed by atoms with Crippen molar-refractivity contribution in [3.05, 3.63) is 65.4 Å². The molecule has 5 nitrogen and oxygen atoms in total. The molecule has 0 bridgehead atoms. The largest absolute Gasteiger partial charge is 0.378 e. The molecule has 20 heavy (non-hydrogen) atoms. The molecule has 0 atom stereocenters. The molecule has 3 rings (SSSR count). The molecular weight excluding hydrogens is 318 g/mol. The molecule has 0 fully saturated rings. The Morgan fingerprint density at radius 1 is 1.10 bits per heavy atom. The van der Waals surface area contributed by atoms with E-state index in [1.165, 1.54) is 6.33 Å². The first kappa shape index (κ1) is 12.8. The Labute approximate surface area is 124 Å². The summed E-state index contributed by atoms with van der Waals surface area (Å²) in [5.41, 5.74) is 2.91. The summed E-state index contributed by atoms with van der Waals surface area (Å²) in [7, 11) is 0. The van der Waals surface area contributed by atoms with E-state index in [1.807, 2.05) is 42.5 Å². The molecule has 1 N–H and O–H groups in total. The lowest BCUT2D eigenvalue weighted by atomic mass is 10.2. The topological polar surface area (TPSA) is 55.6 Å². The quantitative estimate of drug-likeness (QED) is 0.747. The van der Waals surface area contributed by atoms with Gasteiger partial charge in [0, 0.05) is 0 Å². The van der Waals surface area contributed by atoms with Gasteiger partial charge in [-0.25, -0.2) is 14.6 Å². The zero-order valence-corrected chi connectivity index (χ0v) is 12.2. The molecule has 0 saturated heterocycles. The average molecular weight is 330 g/mol. The molecule has 0 unspecified atom stereocenters. The van der Waals surface area contributed by atoms with E-state index in [1.54, 1.807) is 11.0 Å². The number of pyridine rings is 1. The van der Waals surface area contributed by atoms with Gasteiger partial charge in [0.25, 0.3) is 0 Å². The van der Waals surface area contributed by atoms with Crippen molar-refractivity contribution in [2.75, 3.05) is 5.32 Å². The third-order valence-electron chi connectivity index (χ3n) is 2.80. The van der Waals surface area contributed by atoms with Crippen molar-refractivity contribution in [3.8, 4) is 5.69 Å². The van der Waals surface area contributed by atoms with Gasteiger partial charge < -0.3 is 5.32 Å². The predicted octanol–water partition coefficient (Wildman–Crippen LogP) is 3.04. The zero-order valence-electron chi connectivity index (χ0n) is 10.6. The molecule has 0 aliphatic carbocycles. The second kappa shape index (κ2) is 5.83. The van der Waals surface area contributed by atoms with Crippen LogP contribution in [0.4, 0.5) is 5.69 Å². The van der Waals surface area contributed by atoms with Crippen LogP contribution in [0.3, 0.4) is 0 Å². The van der Waals surface area contributed by atoms with E-state index in [0.29, 0.717) is 6.54 Å². The molecule has 0 saturated carbocycles. The molecule has 0 radical (unpaired) electrons. The van der Waals surface area contributed by atoms with E-state index in [4.69, 9.17) is 0 Å². The van der Waals surface area contributed by atoms with Crippen LogP contribution in [0.15, 0.2) is 59.7 Å². The fraction of sp³-hybridized carbons (Fsp3) is 0.0714. The van der Waals surface area contributed by atoms with Gasteiger partial charge in [0.05, 0.1) is 23.6 Å². The van der Waals surface area contributed by atoms with Crippen LogP contribution >= 0.6 is 15.9 Å². The monoisotopic (exact) mass is 329 g/mol. The SMILES string of the molecule is Brc1cccc(CNc2ccccc2-n2cncn2)n1. The summed E-state index contributed by atoms with van der Waals surface area (Å²) < 4.78 is 2.57. The number of nitrogens with one attached hydrogen (secondary N) is 1. The summed E-state index contributed by atoms with van der Waals surface area (Å²) in [5, 5.41) is 7.53. The summed E-state index contributed by atoms with van der Waals surface area (Å²) in [6, 6.07) is 13.8. The van der Waals surface area contributed by atoms with Gasteiger partial charge in [-0.2, -0.15) is 5.10 Å². The lowest BCUT2D eigenvalue weighted by Gasteiger charge is -2.11. The van der Waals surface area contributed by atoms with Gasteiger partial charge in [-0.3, -0.25) is 0 Å². The molecule has 3 aromatic rings. The van der Waals surface area contributed by atoms with Crippen molar-refractivity contribution < 1.29 is 0 Å². The van der Waals surface area contributed by atoms with E-state index in [0.717, 1.165) is 21.7 Å². The predicted molar refractivity (Wildman–Crippen MR) is 80.6 cm³/mol. The highest BCUT2D eigenvalue weighted by atomic mass is 79.9. The number of hydrogen-bond acceptors (Lipinski definition) is 4. The van der Waals surface area contributed by atoms with Crippen LogP contribution in [0.2, 0.25) is 0 Å². The number of nitrogens with zero attached hydrogens (tertiary/aromatic N) is 4. The highest BCUT2D eigenvalue weighted by Gasteiger charge is 2.04. The van der Waals surface area contributed by atoms with Crippen LogP contribution in [0.25, 0.3) is 5.69 Å². The number of aromatic nitrogens is 4. The lowest BCUT2D eigenvalue weighted by molar-refractivity contribution is 0.876. The van der Waals surface area contributed by atoms with E-state index >= 15 is 0 Å². The summed E-state index contributed by atoms with van der Waals surface area (Å²) in [5.74, 6) is 0. The van der Waals surface area contributed by atoms with Crippen LogP contribution in [-0.4, -0.2) is 19.7 Å². The second-order valence-corrected chi connectivity index (χ2v) is 4.97. The minimum atomic E-state index is 0.644. The molecule has 100 valence electrons. The first-order valence-electron chi connectivity index (χ1n) is 6.12. The smallest absolute Gasteiger partial charge is 0.138 e. The number of para-hydroxylation sites is 2. The zero-order chi connectivity index (χ0) is 13.8. The Hall–Kier alpha value is -2.21. The van der Waals surface area contributed by atoms with Crippen molar-refractivity contribution >= 4 is 21.6 Å². The van der Waals surface area contributed by atoms with Crippen LogP contribution in [-0.2, 0) is 6.54 Å². The van der Waals surface area contributed by atoms with Crippen molar-refractivity contribution in [2.45, 2.75) is 6.54 Å². The molecule has 0 aliphatic rings. The maximum Gasteiger partial charge on any atom is 0.138 e. The molecule has 0 spiro atoms. The third-order valence-corrected chi connectivity index (χ3v) is 3.24. The average Bonchev–Trinajstić information content (AvgIpc) is 3.00. The summed E-state index contributed by atoms with van der Waals surface area (Å²) in [6.07, 6.45) is 3.20. The van der Waals surface area contributed by atoms with E-state index in [9.17, 15) is 0 Å². The Morgan fingerprint density at radius 2 is 2.00 bits per heavy atom. The minimum absolute atomic E-state index is 0.644. The number of halogens is 1. The van der Waals surface area contributed by atoms with Crippen molar-refractivity contribution in [1.29, 1.82) is 0 Å². The molecule has 1 aromatic carbocycles. The number of rotatable bonds is 4. The maximum atomic E-state index is 4.40. The number of hydrogen-bond donors (Lipinski definition) is 1. The third kappa shape index (κ3) is 2.85. The van der Waals surface area contributed by atoms with Crippen LogP contribution in [0.5, 0.6) is 0 Å². The highest BCUT2D eigenvalue weighted by Crippen LogP contribution is 2.19. The summed E-state index contributed by atoms with van der Waals surface area (Å²) in [6.45, 7) is 0.644. The number of anilines is 1. The molecule has 2 heterocycles. The van der Waals surface area contributed by atoms with Crippen LogP contribution < -0.4 is 5.32 Å². The fourth-order valence-electron chi connectivity index (χ4n) is 1.89. The van der Waals surface area contributed by atoms with Gasteiger partial charge in [-0.1, -0.05) is 18.2 Å². The van der Waals surface area contributed by atoms with E-state index in [-0.39, 0.29) is 0 Å². The van der Waals surface area contributed by atoms with Gasteiger partial charge >= 0.3 is 0 Å². The van der Waals surface area contributed by atoms with Gasteiger partial charge in [0.15, 0.2) is 0 Å². The summed E-state index contributed by atoms with van der Waals surface area (Å²) >= 11 is 3.37. The van der Waals surface area contributed by atoms with Crippen molar-refractivity contribution in [3.63, 3.8) is 0 Å². The molecule has 0 aliphatic heterocycles. The van der Waals surface area contributed by atoms with Crippen LogP contribution in [0.1, 0.15) is 5.69 Å². The van der Waals surface area contributed by atoms with Crippen molar-refractivity contribution in [2.24, 2.45) is 0 Å². The molecule has 2 aromatic heterocycles. The van der Waals surface area contributed by atoms with Gasteiger partial charge in [-0.15, -0.1) is 0 Å². The fourth-order valence-corrected chi connectivity index (χ4v) is 2.27. The normalized spacial score (nSPS) is 10.4.